The highest BCUT2D eigenvalue weighted by Crippen LogP contribution is 2.37. The molecule has 0 spiro atoms. The molecule has 4 aromatic rings. The Morgan fingerprint density at radius 2 is 1.44 bits per heavy atom. The molecule has 1 aliphatic rings. The molecular formula is C37H36Cl2F3N3O4S. The monoisotopic (exact) mass is 745 g/mol. The predicted octanol–water partition coefficient (Wildman–Crippen LogP) is 8.30. The van der Waals surface area contributed by atoms with E-state index >= 15 is 0 Å². The number of alkyl halides is 3. The fraction of sp³-hybridized carbons (Fsp3) is 0.297. The SMILES string of the molecule is O=C(NC1CCCCC1)[C@H](Cc1ccccc1)N(Cc1ccc(Cl)cc1)C(=O)CN(c1cc(C(F)(F)F)ccc1Cl)S(=O)(=O)c1ccccc1. The van der Waals surface area contributed by atoms with Crippen LogP contribution in [-0.4, -0.2) is 43.8 Å². The van der Waals surface area contributed by atoms with Gasteiger partial charge in [0.05, 0.1) is 21.2 Å². The first-order chi connectivity index (χ1) is 23.8. The summed E-state index contributed by atoms with van der Waals surface area (Å²) in [6.07, 6.45) is -0.209. The Kier molecular flexibility index (Phi) is 12.1. The van der Waals surface area contributed by atoms with Gasteiger partial charge in [-0.3, -0.25) is 13.9 Å². The summed E-state index contributed by atoms with van der Waals surface area (Å²) in [6, 6.07) is 23.8. The molecule has 0 aromatic heterocycles. The van der Waals surface area contributed by atoms with Crippen molar-refractivity contribution >= 4 is 50.7 Å². The van der Waals surface area contributed by atoms with Crippen molar-refractivity contribution in [2.45, 2.75) is 68.2 Å². The predicted molar refractivity (Wildman–Crippen MR) is 188 cm³/mol. The van der Waals surface area contributed by atoms with Gasteiger partial charge in [-0.1, -0.05) is 103 Å². The first-order valence-corrected chi connectivity index (χ1v) is 18.4. The molecule has 0 unspecified atom stereocenters. The van der Waals surface area contributed by atoms with Crippen molar-refractivity contribution in [1.29, 1.82) is 0 Å². The molecular weight excluding hydrogens is 710 g/mol. The first kappa shape index (κ1) is 37.2. The van der Waals surface area contributed by atoms with Crippen molar-refractivity contribution in [3.05, 3.63) is 130 Å². The number of nitrogens with one attached hydrogen (secondary N) is 1. The van der Waals surface area contributed by atoms with Crippen molar-refractivity contribution in [3.63, 3.8) is 0 Å². The van der Waals surface area contributed by atoms with Crippen molar-refractivity contribution in [3.8, 4) is 0 Å². The average Bonchev–Trinajstić information content (AvgIpc) is 3.10. The second-order valence-corrected chi connectivity index (χ2v) is 14.9. The van der Waals surface area contributed by atoms with E-state index in [1.54, 1.807) is 42.5 Å². The van der Waals surface area contributed by atoms with Gasteiger partial charge in [0.25, 0.3) is 10.0 Å². The molecule has 1 saturated carbocycles. The lowest BCUT2D eigenvalue weighted by Gasteiger charge is -2.35. The lowest BCUT2D eigenvalue weighted by Crippen LogP contribution is -2.55. The van der Waals surface area contributed by atoms with Crippen molar-refractivity contribution in [2.24, 2.45) is 0 Å². The summed E-state index contributed by atoms with van der Waals surface area (Å²) in [5.41, 5.74) is -0.332. The van der Waals surface area contributed by atoms with E-state index in [-0.39, 0.29) is 28.9 Å². The van der Waals surface area contributed by atoms with Crippen LogP contribution < -0.4 is 9.62 Å². The number of hydrogen-bond acceptors (Lipinski definition) is 4. The number of rotatable bonds is 12. The molecule has 7 nitrogen and oxygen atoms in total. The van der Waals surface area contributed by atoms with Crippen LogP contribution in [0.3, 0.4) is 0 Å². The van der Waals surface area contributed by atoms with E-state index < -0.39 is 51.9 Å². The van der Waals surface area contributed by atoms with Gasteiger partial charge in [0.1, 0.15) is 12.6 Å². The number of hydrogen-bond donors (Lipinski definition) is 1. The zero-order valence-electron chi connectivity index (χ0n) is 27.0. The fourth-order valence-corrected chi connectivity index (χ4v) is 7.84. The molecule has 4 aromatic carbocycles. The Balaban J connectivity index is 1.61. The van der Waals surface area contributed by atoms with Gasteiger partial charge in [-0.2, -0.15) is 13.2 Å². The maximum absolute atomic E-state index is 14.6. The molecule has 5 rings (SSSR count). The Bertz CT molecular complexity index is 1870. The Hall–Kier alpha value is -4.06. The molecule has 264 valence electrons. The molecule has 0 saturated heterocycles. The van der Waals surface area contributed by atoms with E-state index in [0.29, 0.717) is 21.0 Å². The normalized spacial score (nSPS) is 14.5. The van der Waals surface area contributed by atoms with E-state index in [0.717, 1.165) is 49.8 Å². The van der Waals surface area contributed by atoms with Crippen LogP contribution in [0.15, 0.2) is 108 Å². The van der Waals surface area contributed by atoms with E-state index in [1.807, 2.05) is 18.2 Å². The minimum Gasteiger partial charge on any atom is -0.352 e. The third kappa shape index (κ3) is 9.38. The fourth-order valence-electron chi connectivity index (χ4n) is 6.00. The number of sulfonamides is 1. The standard InChI is InChI=1S/C37H36Cl2F3N3O4S/c38-29-19-16-27(17-20-29)24-44(34(22-26-10-4-1-5-11-26)36(47)43-30-12-6-2-7-13-30)35(46)25-45(50(48,49)31-14-8-3-9-15-31)33-23-28(37(40,41)42)18-21-32(33)39/h1,3-5,8-11,14-21,23,30,34H,2,6-7,12-13,22,24-25H2,(H,43,47)/t34-/m0/s1. The van der Waals surface area contributed by atoms with Gasteiger partial charge in [0, 0.05) is 24.0 Å². The average molecular weight is 747 g/mol. The summed E-state index contributed by atoms with van der Waals surface area (Å²) in [5.74, 6) is -1.25. The largest absolute Gasteiger partial charge is 0.416 e. The number of benzene rings is 4. The molecule has 2 amide bonds. The zero-order chi connectivity index (χ0) is 35.9. The third-order valence-electron chi connectivity index (χ3n) is 8.64. The number of halogens is 5. The van der Waals surface area contributed by atoms with Crippen LogP contribution >= 0.6 is 23.2 Å². The highest BCUT2D eigenvalue weighted by Gasteiger charge is 2.38. The van der Waals surface area contributed by atoms with Crippen LogP contribution in [0.1, 0.15) is 48.8 Å². The van der Waals surface area contributed by atoms with Gasteiger partial charge in [0.2, 0.25) is 11.8 Å². The van der Waals surface area contributed by atoms with E-state index in [4.69, 9.17) is 23.2 Å². The topological polar surface area (TPSA) is 86.8 Å². The van der Waals surface area contributed by atoms with Crippen LogP contribution in [0, 0.1) is 0 Å². The Labute approximate surface area is 300 Å². The van der Waals surface area contributed by atoms with Crippen molar-refractivity contribution < 1.29 is 31.2 Å². The number of anilines is 1. The number of amides is 2. The van der Waals surface area contributed by atoms with Crippen LogP contribution in [0.4, 0.5) is 18.9 Å². The molecule has 13 heteroatoms. The summed E-state index contributed by atoms with van der Waals surface area (Å²) in [4.78, 5) is 29.9. The van der Waals surface area contributed by atoms with Gasteiger partial charge in [-0.25, -0.2) is 8.42 Å². The maximum atomic E-state index is 14.6. The van der Waals surface area contributed by atoms with Gasteiger partial charge < -0.3 is 10.2 Å². The van der Waals surface area contributed by atoms with Crippen LogP contribution in [0.25, 0.3) is 0 Å². The molecule has 1 N–H and O–H groups in total. The molecule has 0 aliphatic heterocycles. The highest BCUT2D eigenvalue weighted by molar-refractivity contribution is 7.92. The van der Waals surface area contributed by atoms with E-state index in [9.17, 15) is 31.2 Å². The summed E-state index contributed by atoms with van der Waals surface area (Å²) in [5, 5.41) is 3.24. The van der Waals surface area contributed by atoms with Crippen LogP contribution in [-0.2, 0) is 38.8 Å². The highest BCUT2D eigenvalue weighted by atomic mass is 35.5. The molecule has 0 radical (unpaired) electrons. The molecule has 1 fully saturated rings. The third-order valence-corrected chi connectivity index (χ3v) is 11.0. The Morgan fingerprint density at radius 1 is 0.820 bits per heavy atom. The second kappa shape index (κ2) is 16.3. The smallest absolute Gasteiger partial charge is 0.352 e. The number of nitrogens with zero attached hydrogens (tertiary/aromatic N) is 2. The van der Waals surface area contributed by atoms with E-state index in [2.05, 4.69) is 5.32 Å². The van der Waals surface area contributed by atoms with Crippen LogP contribution in [0.2, 0.25) is 10.0 Å². The molecule has 1 atom stereocenters. The summed E-state index contributed by atoms with van der Waals surface area (Å²) in [6.45, 7) is -1.07. The molecule has 0 bridgehead atoms. The Morgan fingerprint density at radius 3 is 2.06 bits per heavy atom. The minimum absolute atomic E-state index is 0.0917. The number of carbonyl (C=O) groups excluding carboxylic acids is 2. The summed E-state index contributed by atoms with van der Waals surface area (Å²) >= 11 is 12.5. The van der Waals surface area contributed by atoms with Gasteiger partial charge in [-0.15, -0.1) is 0 Å². The van der Waals surface area contributed by atoms with Crippen molar-refractivity contribution in [1.82, 2.24) is 10.2 Å². The van der Waals surface area contributed by atoms with Crippen LogP contribution in [0.5, 0.6) is 0 Å². The lowest BCUT2D eigenvalue weighted by molar-refractivity contribution is -0.140. The zero-order valence-corrected chi connectivity index (χ0v) is 29.3. The number of carbonyl (C=O) groups is 2. The summed E-state index contributed by atoms with van der Waals surface area (Å²) < 4.78 is 70.6. The molecule has 0 heterocycles. The first-order valence-electron chi connectivity index (χ1n) is 16.2. The lowest BCUT2D eigenvalue weighted by atomic mass is 9.94. The second-order valence-electron chi connectivity index (χ2n) is 12.2. The quantitative estimate of drug-likeness (QED) is 0.158. The van der Waals surface area contributed by atoms with Gasteiger partial charge in [-0.05, 0) is 66.4 Å². The van der Waals surface area contributed by atoms with Gasteiger partial charge >= 0.3 is 6.18 Å². The van der Waals surface area contributed by atoms with Gasteiger partial charge in [0.15, 0.2) is 0 Å². The summed E-state index contributed by atoms with van der Waals surface area (Å²) in [7, 11) is -4.66. The van der Waals surface area contributed by atoms with E-state index in [1.165, 1.54) is 29.2 Å². The molecule has 50 heavy (non-hydrogen) atoms. The minimum atomic E-state index is -4.83. The molecule has 1 aliphatic carbocycles. The van der Waals surface area contributed by atoms with Crippen molar-refractivity contribution in [2.75, 3.05) is 10.8 Å². The maximum Gasteiger partial charge on any atom is 0.416 e.